The van der Waals surface area contributed by atoms with Crippen molar-refractivity contribution >= 4 is 8.32 Å². The van der Waals surface area contributed by atoms with Gasteiger partial charge in [0.05, 0.1) is 25.4 Å². The zero-order valence-corrected chi connectivity index (χ0v) is 17.7. The Morgan fingerprint density at radius 3 is 2.36 bits per heavy atom. The SMILES string of the molecule is C[C@@H]1CC(OCc2ccccc2)C[C@@H](O[Si](C)(C)C(C)(C)C)C12CO2. The van der Waals surface area contributed by atoms with E-state index in [9.17, 15) is 0 Å². The van der Waals surface area contributed by atoms with Crippen LogP contribution in [0.2, 0.25) is 18.1 Å². The van der Waals surface area contributed by atoms with Crippen LogP contribution < -0.4 is 0 Å². The molecular formula is C21H34O3Si. The molecule has 0 bridgehead atoms. The third-order valence-electron chi connectivity index (χ3n) is 6.52. The number of hydrogen-bond donors (Lipinski definition) is 0. The highest BCUT2D eigenvalue weighted by Gasteiger charge is 2.61. The Morgan fingerprint density at radius 2 is 1.80 bits per heavy atom. The molecule has 2 aliphatic rings. The predicted octanol–water partition coefficient (Wildman–Crippen LogP) is 5.16. The summed E-state index contributed by atoms with van der Waals surface area (Å²) < 4.78 is 19.1. The predicted molar refractivity (Wildman–Crippen MR) is 104 cm³/mol. The molecule has 3 nitrogen and oxygen atoms in total. The first-order chi connectivity index (χ1) is 11.6. The van der Waals surface area contributed by atoms with Crippen LogP contribution in [0.25, 0.3) is 0 Å². The summed E-state index contributed by atoms with van der Waals surface area (Å²) in [5, 5.41) is 0.212. The Morgan fingerprint density at radius 1 is 1.16 bits per heavy atom. The van der Waals surface area contributed by atoms with Crippen molar-refractivity contribution in [3.05, 3.63) is 35.9 Å². The molecule has 2 fully saturated rings. The fraction of sp³-hybridized carbons (Fsp3) is 0.714. The molecule has 1 aliphatic heterocycles. The molecule has 0 N–H and O–H groups in total. The van der Waals surface area contributed by atoms with Gasteiger partial charge in [0.25, 0.3) is 0 Å². The molecule has 2 unspecified atom stereocenters. The molecule has 1 aromatic carbocycles. The number of benzene rings is 1. The highest BCUT2D eigenvalue weighted by atomic mass is 28.4. The van der Waals surface area contributed by atoms with Gasteiger partial charge in [0.2, 0.25) is 0 Å². The van der Waals surface area contributed by atoms with Crippen molar-refractivity contribution in [1.82, 2.24) is 0 Å². The molecule has 4 heteroatoms. The summed E-state index contributed by atoms with van der Waals surface area (Å²) in [7, 11) is -1.82. The minimum absolute atomic E-state index is 0.0534. The normalized spacial score (nSPS) is 32.8. The van der Waals surface area contributed by atoms with Gasteiger partial charge in [-0.05, 0) is 36.0 Å². The van der Waals surface area contributed by atoms with Crippen LogP contribution in [0.1, 0.15) is 46.1 Å². The van der Waals surface area contributed by atoms with Gasteiger partial charge in [0.15, 0.2) is 8.32 Å². The van der Waals surface area contributed by atoms with E-state index in [2.05, 4.69) is 65.1 Å². The van der Waals surface area contributed by atoms with Gasteiger partial charge in [0.1, 0.15) is 5.60 Å². The van der Waals surface area contributed by atoms with Gasteiger partial charge in [-0.25, -0.2) is 0 Å². The van der Waals surface area contributed by atoms with Crippen molar-refractivity contribution in [2.24, 2.45) is 5.92 Å². The van der Waals surface area contributed by atoms with E-state index in [-0.39, 0.29) is 22.8 Å². The van der Waals surface area contributed by atoms with Gasteiger partial charge in [-0.2, -0.15) is 0 Å². The van der Waals surface area contributed by atoms with Crippen LogP contribution in [0, 0.1) is 5.92 Å². The lowest BCUT2D eigenvalue weighted by Gasteiger charge is -2.45. The Kier molecular flexibility index (Phi) is 5.19. The van der Waals surface area contributed by atoms with Crippen molar-refractivity contribution in [2.45, 2.75) is 83.1 Å². The summed E-state index contributed by atoms with van der Waals surface area (Å²) in [5.74, 6) is 0.483. The molecule has 1 heterocycles. The third kappa shape index (κ3) is 4.02. The number of hydrogen-bond acceptors (Lipinski definition) is 3. The maximum absolute atomic E-state index is 6.81. The van der Waals surface area contributed by atoms with E-state index in [1.165, 1.54) is 5.56 Å². The van der Waals surface area contributed by atoms with E-state index in [4.69, 9.17) is 13.9 Å². The molecule has 1 aliphatic carbocycles. The van der Waals surface area contributed by atoms with Gasteiger partial charge in [-0.15, -0.1) is 0 Å². The average molecular weight is 363 g/mol. The van der Waals surface area contributed by atoms with Crippen LogP contribution in [0.5, 0.6) is 0 Å². The standard InChI is InChI=1S/C21H34O3Si/c1-16-12-18(22-14-17-10-8-7-9-11-17)13-19(21(16)15-23-21)24-25(5,6)20(2,3)4/h7-11,16,18-19H,12-15H2,1-6H3/t16-,18?,19-,21?/m1/s1. The zero-order chi connectivity index (χ0) is 18.3. The van der Waals surface area contributed by atoms with Gasteiger partial charge < -0.3 is 13.9 Å². The summed E-state index contributed by atoms with van der Waals surface area (Å²) in [4.78, 5) is 0. The largest absolute Gasteiger partial charge is 0.411 e. The monoisotopic (exact) mass is 362 g/mol. The molecule has 0 amide bonds. The van der Waals surface area contributed by atoms with Crippen molar-refractivity contribution in [1.29, 1.82) is 0 Å². The summed E-state index contributed by atoms with van der Waals surface area (Å²) in [6.45, 7) is 15.4. The van der Waals surface area contributed by atoms with Crippen molar-refractivity contribution in [3.63, 3.8) is 0 Å². The fourth-order valence-corrected chi connectivity index (χ4v) is 4.96. The zero-order valence-electron chi connectivity index (χ0n) is 16.7. The van der Waals surface area contributed by atoms with Crippen LogP contribution >= 0.6 is 0 Å². The molecule has 4 atom stereocenters. The molecule has 1 saturated heterocycles. The number of rotatable bonds is 5. The maximum atomic E-state index is 6.81. The van der Waals surface area contributed by atoms with Gasteiger partial charge >= 0.3 is 0 Å². The quantitative estimate of drug-likeness (QED) is 0.535. The summed E-state index contributed by atoms with van der Waals surface area (Å²) in [5.41, 5.74) is 1.18. The molecule has 3 rings (SSSR count). The first-order valence-electron chi connectivity index (χ1n) is 9.61. The van der Waals surface area contributed by atoms with Crippen LogP contribution in [-0.4, -0.2) is 32.7 Å². The Labute approximate surface area is 154 Å². The minimum Gasteiger partial charge on any atom is -0.411 e. The second kappa shape index (κ2) is 6.80. The van der Waals surface area contributed by atoms with Crippen LogP contribution in [-0.2, 0) is 20.5 Å². The number of epoxide rings is 1. The Balaban J connectivity index is 1.66. The molecule has 1 spiro atoms. The van der Waals surface area contributed by atoms with Crippen LogP contribution in [0.15, 0.2) is 30.3 Å². The van der Waals surface area contributed by atoms with Crippen LogP contribution in [0.4, 0.5) is 0 Å². The van der Waals surface area contributed by atoms with E-state index in [1.54, 1.807) is 0 Å². The summed E-state index contributed by atoms with van der Waals surface area (Å²) in [6.07, 6.45) is 2.42. The molecule has 1 saturated carbocycles. The van der Waals surface area contributed by atoms with Gasteiger partial charge in [0, 0.05) is 6.42 Å². The van der Waals surface area contributed by atoms with Gasteiger partial charge in [-0.3, -0.25) is 0 Å². The lowest BCUT2D eigenvalue weighted by atomic mass is 9.77. The van der Waals surface area contributed by atoms with Crippen LogP contribution in [0.3, 0.4) is 0 Å². The Bertz CT molecular complexity index is 575. The minimum atomic E-state index is -1.82. The van der Waals surface area contributed by atoms with E-state index in [0.29, 0.717) is 12.5 Å². The molecule has 140 valence electrons. The molecule has 0 radical (unpaired) electrons. The van der Waals surface area contributed by atoms with E-state index < -0.39 is 8.32 Å². The van der Waals surface area contributed by atoms with Crippen molar-refractivity contribution in [2.75, 3.05) is 6.61 Å². The lowest BCUT2D eigenvalue weighted by molar-refractivity contribution is -0.0726. The summed E-state index contributed by atoms with van der Waals surface area (Å²) in [6, 6.07) is 10.4. The second-order valence-electron chi connectivity index (χ2n) is 9.40. The first kappa shape index (κ1) is 19.1. The summed E-state index contributed by atoms with van der Waals surface area (Å²) >= 11 is 0. The molecule has 0 aromatic heterocycles. The maximum Gasteiger partial charge on any atom is 0.192 e. The van der Waals surface area contributed by atoms with E-state index in [0.717, 1.165) is 19.4 Å². The molecular weight excluding hydrogens is 328 g/mol. The fourth-order valence-electron chi connectivity index (χ4n) is 3.60. The highest BCUT2D eigenvalue weighted by Crippen LogP contribution is 2.50. The van der Waals surface area contributed by atoms with Crippen molar-refractivity contribution in [3.8, 4) is 0 Å². The van der Waals surface area contributed by atoms with Gasteiger partial charge in [-0.1, -0.05) is 58.0 Å². The Hall–Kier alpha value is -0.683. The molecule has 25 heavy (non-hydrogen) atoms. The first-order valence-corrected chi connectivity index (χ1v) is 12.5. The average Bonchev–Trinajstić information content (AvgIpc) is 3.32. The highest BCUT2D eigenvalue weighted by molar-refractivity contribution is 6.74. The molecule has 1 aromatic rings. The third-order valence-corrected chi connectivity index (χ3v) is 11.0. The number of ether oxygens (including phenoxy) is 2. The lowest BCUT2D eigenvalue weighted by Crippen LogP contribution is -2.54. The topological polar surface area (TPSA) is 31.0 Å². The van der Waals surface area contributed by atoms with E-state index >= 15 is 0 Å². The second-order valence-corrected chi connectivity index (χ2v) is 14.2. The van der Waals surface area contributed by atoms with E-state index in [1.807, 2.05) is 6.07 Å². The van der Waals surface area contributed by atoms with Crippen molar-refractivity contribution < 1.29 is 13.9 Å². The smallest absolute Gasteiger partial charge is 0.192 e.